The minimum atomic E-state index is -3.79. The largest absolute Gasteiger partial charge is 0.481 e. The molecule has 5 rings (SSSR count). The van der Waals surface area contributed by atoms with Crippen molar-refractivity contribution in [1.29, 1.82) is 0 Å². The van der Waals surface area contributed by atoms with Gasteiger partial charge in [-0.3, -0.25) is 19.6 Å². The Morgan fingerprint density at radius 2 is 1.98 bits per heavy atom. The normalized spacial score (nSPS) is 23.9. The molecule has 0 aliphatic carbocycles. The first-order valence-corrected chi connectivity index (χ1v) is 15.3. The molecule has 45 heavy (non-hydrogen) atoms. The summed E-state index contributed by atoms with van der Waals surface area (Å²) in [6.45, 7) is 2.67. The number of amidine groups is 1. The van der Waals surface area contributed by atoms with E-state index in [1.54, 1.807) is 31.5 Å². The molecule has 0 bridgehead atoms. The molecule has 2 aromatic rings. The molecule has 0 radical (unpaired) electrons. The van der Waals surface area contributed by atoms with Crippen molar-refractivity contribution in [2.75, 3.05) is 32.8 Å². The summed E-state index contributed by atoms with van der Waals surface area (Å²) < 4.78 is 81.7. The Morgan fingerprint density at radius 3 is 2.62 bits per heavy atom. The van der Waals surface area contributed by atoms with Crippen molar-refractivity contribution >= 4 is 29.1 Å². The second-order valence-electron chi connectivity index (χ2n) is 12.0. The number of nitrogens with zero attached hydrogens (tertiary/aromatic N) is 4. The number of alkyl halides is 4. The molecule has 0 unspecified atom stereocenters. The first kappa shape index (κ1) is 32.9. The average molecular weight is 656 g/mol. The number of esters is 1. The molecule has 15 heteroatoms. The molecule has 3 aliphatic heterocycles. The quantitative estimate of drug-likeness (QED) is 0.282. The van der Waals surface area contributed by atoms with E-state index in [2.05, 4.69) is 10.3 Å². The predicted octanol–water partition coefficient (Wildman–Crippen LogP) is 4.64. The standard InChI is InChI=1S/C30H34F5N5O4S/c1-5-44-26(41)21-19(37-24(25-36-10-12-45-25)38-22(21)17-7-6-8-18(31)16(17)2)13-40-14-29(32,33)23-20(40)9-11-39(23)15-30(34,35)28(3,4)27(42)43/h6-8,10,12,20,22-23H,5,9,11,13-15H2,1-4H3,(H,37,38)(H,42,43)/t20-,22-,23+/m0/s1. The van der Waals surface area contributed by atoms with Gasteiger partial charge in [-0.25, -0.2) is 31.7 Å². The van der Waals surface area contributed by atoms with Gasteiger partial charge >= 0.3 is 11.9 Å². The Balaban J connectivity index is 1.52. The van der Waals surface area contributed by atoms with Crippen LogP contribution in [0.1, 0.15) is 49.4 Å². The van der Waals surface area contributed by atoms with Crippen LogP contribution in [0.15, 0.2) is 46.0 Å². The van der Waals surface area contributed by atoms with Gasteiger partial charge in [-0.15, -0.1) is 11.3 Å². The van der Waals surface area contributed by atoms with E-state index in [0.29, 0.717) is 10.6 Å². The van der Waals surface area contributed by atoms with Crippen LogP contribution in [0.3, 0.4) is 0 Å². The van der Waals surface area contributed by atoms with Gasteiger partial charge < -0.3 is 15.2 Å². The van der Waals surface area contributed by atoms with E-state index in [9.17, 15) is 19.1 Å². The van der Waals surface area contributed by atoms with Gasteiger partial charge in [0.1, 0.15) is 17.3 Å². The summed E-state index contributed by atoms with van der Waals surface area (Å²) in [6.07, 6.45) is 1.67. The molecule has 3 atom stereocenters. The number of rotatable bonds is 10. The first-order chi connectivity index (χ1) is 21.1. The summed E-state index contributed by atoms with van der Waals surface area (Å²) >= 11 is 1.25. The highest BCUT2D eigenvalue weighted by molar-refractivity contribution is 7.11. The van der Waals surface area contributed by atoms with Crippen LogP contribution in [0.2, 0.25) is 0 Å². The topological polar surface area (TPSA) is 107 Å². The SMILES string of the molecule is CCOC(=O)C1=C(CN2CC(F)(F)[C@H]3[C@@H]2CCN3CC(F)(F)C(C)(C)C(=O)O)NC(c2nccs2)=N[C@H]1c1cccc(F)c1C. The van der Waals surface area contributed by atoms with Gasteiger partial charge in [-0.05, 0) is 51.3 Å². The van der Waals surface area contributed by atoms with Crippen molar-refractivity contribution in [2.24, 2.45) is 10.4 Å². The van der Waals surface area contributed by atoms with Gasteiger partial charge in [-0.2, -0.15) is 0 Å². The van der Waals surface area contributed by atoms with Gasteiger partial charge in [0, 0.05) is 36.4 Å². The number of thiazole rings is 1. The Labute approximate surface area is 260 Å². The number of ether oxygens (including phenoxy) is 1. The van der Waals surface area contributed by atoms with Crippen molar-refractivity contribution < 1.29 is 41.4 Å². The van der Waals surface area contributed by atoms with E-state index >= 15 is 17.6 Å². The number of carbonyl (C=O) groups excluding carboxylic acids is 1. The van der Waals surface area contributed by atoms with Crippen LogP contribution < -0.4 is 5.32 Å². The molecule has 9 nitrogen and oxygen atoms in total. The van der Waals surface area contributed by atoms with Gasteiger partial charge in [-0.1, -0.05) is 12.1 Å². The zero-order valence-corrected chi connectivity index (χ0v) is 25.9. The Kier molecular flexibility index (Phi) is 8.83. The fourth-order valence-corrected chi connectivity index (χ4v) is 6.77. The van der Waals surface area contributed by atoms with Crippen molar-refractivity contribution in [1.82, 2.24) is 20.1 Å². The van der Waals surface area contributed by atoms with E-state index in [1.807, 2.05) is 0 Å². The number of aliphatic carboxylic acids is 1. The molecule has 0 saturated carbocycles. The van der Waals surface area contributed by atoms with E-state index in [0.717, 1.165) is 18.7 Å². The maximum atomic E-state index is 15.7. The number of carboxylic acid groups (broad SMARTS) is 1. The lowest BCUT2D eigenvalue weighted by Crippen LogP contribution is -2.54. The monoisotopic (exact) mass is 655 g/mol. The molecule has 1 aromatic carbocycles. The molecule has 4 heterocycles. The highest BCUT2D eigenvalue weighted by atomic mass is 32.1. The number of hydrogen-bond donors (Lipinski definition) is 2. The fraction of sp³-hybridized carbons (Fsp3) is 0.533. The average Bonchev–Trinajstić information content (AvgIpc) is 3.69. The lowest BCUT2D eigenvalue weighted by molar-refractivity contribution is -0.180. The van der Waals surface area contributed by atoms with Crippen molar-refractivity contribution in [2.45, 2.75) is 64.1 Å². The molecule has 2 saturated heterocycles. The second kappa shape index (κ2) is 12.1. The molecule has 3 aliphatic rings. The number of nitrogens with one attached hydrogen (secondary N) is 1. The van der Waals surface area contributed by atoms with Gasteiger partial charge in [0.05, 0.1) is 31.3 Å². The third-order valence-corrected chi connectivity index (χ3v) is 9.64. The second-order valence-corrected chi connectivity index (χ2v) is 12.9. The predicted molar refractivity (Wildman–Crippen MR) is 156 cm³/mol. The van der Waals surface area contributed by atoms with Crippen LogP contribution >= 0.6 is 11.3 Å². The molecular formula is C30H34F5N5O4S. The Bertz CT molecular complexity index is 1530. The zero-order valence-electron chi connectivity index (χ0n) is 25.1. The lowest BCUT2D eigenvalue weighted by Gasteiger charge is -2.36. The summed E-state index contributed by atoms with van der Waals surface area (Å²) in [7, 11) is 0. The summed E-state index contributed by atoms with van der Waals surface area (Å²) in [5.41, 5.74) is -1.63. The lowest BCUT2D eigenvalue weighted by atomic mass is 9.85. The molecule has 0 spiro atoms. The maximum absolute atomic E-state index is 15.7. The van der Waals surface area contributed by atoms with Crippen LogP contribution in [0.4, 0.5) is 22.0 Å². The highest BCUT2D eigenvalue weighted by Gasteiger charge is 2.62. The van der Waals surface area contributed by atoms with Crippen LogP contribution in [-0.4, -0.2) is 94.4 Å². The number of halogens is 5. The molecular weight excluding hydrogens is 621 g/mol. The number of likely N-dealkylation sites (tertiary alicyclic amines) is 2. The smallest absolute Gasteiger partial charge is 0.338 e. The number of aromatic nitrogens is 1. The number of benzene rings is 1. The summed E-state index contributed by atoms with van der Waals surface area (Å²) in [5, 5.41) is 14.6. The number of carboxylic acids is 1. The number of fused-ring (bicyclic) bond motifs is 1. The van der Waals surface area contributed by atoms with E-state index < -0.39 is 66.2 Å². The maximum Gasteiger partial charge on any atom is 0.338 e. The van der Waals surface area contributed by atoms with Crippen LogP contribution in [0.5, 0.6) is 0 Å². The van der Waals surface area contributed by atoms with Gasteiger partial charge in [0.15, 0.2) is 10.8 Å². The van der Waals surface area contributed by atoms with E-state index in [1.165, 1.54) is 28.4 Å². The van der Waals surface area contributed by atoms with E-state index in [-0.39, 0.29) is 48.8 Å². The third-order valence-electron chi connectivity index (χ3n) is 8.86. The summed E-state index contributed by atoms with van der Waals surface area (Å²) in [6, 6.07) is 0.864. The number of carbonyl (C=O) groups is 2. The number of hydrogen-bond acceptors (Lipinski definition) is 9. The Morgan fingerprint density at radius 1 is 1.24 bits per heavy atom. The molecule has 2 fully saturated rings. The minimum Gasteiger partial charge on any atom is -0.481 e. The third kappa shape index (κ3) is 5.97. The van der Waals surface area contributed by atoms with Gasteiger partial charge in [0.2, 0.25) is 0 Å². The summed E-state index contributed by atoms with van der Waals surface area (Å²) in [4.78, 5) is 36.4. The highest BCUT2D eigenvalue weighted by Crippen LogP contribution is 2.46. The first-order valence-electron chi connectivity index (χ1n) is 14.5. The van der Waals surface area contributed by atoms with Gasteiger partial charge in [0.25, 0.3) is 11.8 Å². The summed E-state index contributed by atoms with van der Waals surface area (Å²) in [5.74, 6) is -9.97. The Hall–Kier alpha value is -3.43. The molecule has 244 valence electrons. The van der Waals surface area contributed by atoms with E-state index in [4.69, 9.17) is 9.73 Å². The fourth-order valence-electron chi connectivity index (χ4n) is 6.18. The zero-order chi connectivity index (χ0) is 32.9. The van der Waals surface area contributed by atoms with Crippen LogP contribution in [0, 0.1) is 18.2 Å². The van der Waals surface area contributed by atoms with Crippen LogP contribution in [-0.2, 0) is 14.3 Å². The van der Waals surface area contributed by atoms with Crippen LogP contribution in [0.25, 0.3) is 0 Å². The van der Waals surface area contributed by atoms with Crippen molar-refractivity contribution in [3.05, 3.63) is 63.0 Å². The number of aliphatic imine (C=N–C) groups is 1. The van der Waals surface area contributed by atoms with Crippen molar-refractivity contribution in [3.63, 3.8) is 0 Å². The molecule has 1 aromatic heterocycles. The minimum absolute atomic E-state index is 0.00979. The molecule has 0 amide bonds. The molecule has 2 N–H and O–H groups in total. The van der Waals surface area contributed by atoms with Crippen molar-refractivity contribution in [3.8, 4) is 0 Å².